The van der Waals surface area contributed by atoms with Crippen molar-refractivity contribution in [2.45, 2.75) is 6.04 Å². The van der Waals surface area contributed by atoms with Gasteiger partial charge in [-0.25, -0.2) is 4.98 Å². The quantitative estimate of drug-likeness (QED) is 0.690. The maximum atomic E-state index is 13.0. The summed E-state index contributed by atoms with van der Waals surface area (Å²) in [4.78, 5) is 31.7. The topological polar surface area (TPSA) is 104 Å². The number of amides is 2. The van der Waals surface area contributed by atoms with E-state index in [0.29, 0.717) is 33.6 Å². The molecule has 1 aliphatic heterocycles. The number of carbonyl (C=O) groups excluding carboxylic acids is 2. The van der Waals surface area contributed by atoms with Crippen molar-refractivity contribution in [1.29, 1.82) is 5.26 Å². The van der Waals surface area contributed by atoms with Crippen molar-refractivity contribution in [1.82, 2.24) is 19.7 Å². The van der Waals surface area contributed by atoms with Crippen LogP contribution in [0.15, 0.2) is 42.0 Å². The Morgan fingerprint density at radius 3 is 2.79 bits per heavy atom. The summed E-state index contributed by atoms with van der Waals surface area (Å²) in [5, 5.41) is 18.2. The van der Waals surface area contributed by atoms with Crippen LogP contribution in [0.4, 0.5) is 5.69 Å². The van der Waals surface area contributed by atoms with Gasteiger partial charge in [0.25, 0.3) is 5.91 Å². The molecule has 1 N–H and O–H groups in total. The zero-order chi connectivity index (χ0) is 20.4. The first-order chi connectivity index (χ1) is 14.0. The summed E-state index contributed by atoms with van der Waals surface area (Å²) in [6.07, 6.45) is 3.54. The molecule has 0 spiro atoms. The Morgan fingerprint density at radius 1 is 1.31 bits per heavy atom. The number of rotatable bonds is 4. The van der Waals surface area contributed by atoms with Gasteiger partial charge < -0.3 is 10.2 Å². The number of hydrogen-bond donors (Lipinski definition) is 1. The van der Waals surface area contributed by atoms with Gasteiger partial charge in [-0.05, 0) is 24.3 Å². The average Bonchev–Trinajstić information content (AvgIpc) is 3.48. The van der Waals surface area contributed by atoms with E-state index < -0.39 is 6.04 Å². The SMILES string of the molecule is Cn1cc(-c2nc(C(=O)N3CSCC3C(=O)Nc3ccc(C#N)cc3)cs2)cn1. The summed E-state index contributed by atoms with van der Waals surface area (Å²) in [6.45, 7) is 0. The smallest absolute Gasteiger partial charge is 0.274 e. The summed E-state index contributed by atoms with van der Waals surface area (Å²) in [5.74, 6) is 0.439. The van der Waals surface area contributed by atoms with E-state index in [1.165, 1.54) is 23.1 Å². The van der Waals surface area contributed by atoms with E-state index in [1.807, 2.05) is 19.3 Å². The van der Waals surface area contributed by atoms with Gasteiger partial charge in [-0.2, -0.15) is 10.4 Å². The molecule has 1 fully saturated rings. The summed E-state index contributed by atoms with van der Waals surface area (Å²) >= 11 is 2.90. The van der Waals surface area contributed by atoms with Crippen LogP contribution in [-0.2, 0) is 11.8 Å². The average molecular weight is 425 g/mol. The predicted octanol–water partition coefficient (Wildman–Crippen LogP) is 2.57. The third-order valence-electron chi connectivity index (χ3n) is 4.40. The second-order valence-corrected chi connectivity index (χ2v) is 8.27. The van der Waals surface area contributed by atoms with Crippen molar-refractivity contribution in [2.75, 3.05) is 16.9 Å². The van der Waals surface area contributed by atoms with Crippen LogP contribution in [0.2, 0.25) is 0 Å². The first-order valence-electron chi connectivity index (χ1n) is 8.69. The summed E-state index contributed by atoms with van der Waals surface area (Å²) in [5.41, 5.74) is 2.28. The van der Waals surface area contributed by atoms with Crippen molar-refractivity contribution in [3.63, 3.8) is 0 Å². The first-order valence-corrected chi connectivity index (χ1v) is 10.7. The van der Waals surface area contributed by atoms with Crippen molar-refractivity contribution in [3.8, 4) is 16.6 Å². The van der Waals surface area contributed by atoms with Gasteiger partial charge in [0.1, 0.15) is 16.7 Å². The fourth-order valence-corrected chi connectivity index (χ4v) is 4.82. The molecule has 1 aliphatic rings. The minimum absolute atomic E-state index is 0.254. The number of aryl methyl sites for hydroxylation is 1. The molecule has 1 aromatic carbocycles. The van der Waals surface area contributed by atoms with E-state index in [2.05, 4.69) is 15.4 Å². The number of nitriles is 1. The Morgan fingerprint density at radius 2 is 2.10 bits per heavy atom. The minimum atomic E-state index is -0.577. The van der Waals surface area contributed by atoms with E-state index in [0.717, 1.165) is 5.56 Å². The van der Waals surface area contributed by atoms with Crippen LogP contribution in [0.3, 0.4) is 0 Å². The largest absolute Gasteiger partial charge is 0.324 e. The first kappa shape index (κ1) is 19.2. The Bertz CT molecular complexity index is 1100. The van der Waals surface area contributed by atoms with Gasteiger partial charge in [0, 0.05) is 35.6 Å². The number of anilines is 1. The Labute approximate surface area is 175 Å². The van der Waals surface area contributed by atoms with E-state index in [-0.39, 0.29) is 11.8 Å². The molecule has 1 atom stereocenters. The molecule has 3 heterocycles. The van der Waals surface area contributed by atoms with Gasteiger partial charge in [0.2, 0.25) is 5.91 Å². The number of thioether (sulfide) groups is 1. The Kier molecular flexibility index (Phi) is 5.33. The molecule has 4 rings (SSSR count). The predicted molar refractivity (Wildman–Crippen MR) is 111 cm³/mol. The Hall–Kier alpha value is -3.16. The monoisotopic (exact) mass is 424 g/mol. The zero-order valence-corrected chi connectivity index (χ0v) is 17.0. The number of aromatic nitrogens is 3. The molecule has 2 aromatic heterocycles. The highest BCUT2D eigenvalue weighted by molar-refractivity contribution is 7.99. The molecule has 0 radical (unpaired) electrons. The number of nitrogens with zero attached hydrogens (tertiary/aromatic N) is 5. The maximum Gasteiger partial charge on any atom is 0.274 e. The molecule has 1 saturated heterocycles. The molecule has 1 unspecified atom stereocenters. The molecule has 0 bridgehead atoms. The number of benzene rings is 1. The highest BCUT2D eigenvalue weighted by Crippen LogP contribution is 2.27. The van der Waals surface area contributed by atoms with Crippen molar-refractivity contribution in [2.24, 2.45) is 7.05 Å². The lowest BCUT2D eigenvalue weighted by atomic mass is 10.2. The standard InChI is InChI=1S/C19H16N6O2S2/c1-24-8-13(7-21-24)18-23-15(9-29-18)19(27)25-11-28-10-16(25)17(26)22-14-4-2-12(6-20)3-5-14/h2-5,7-9,16H,10-11H2,1H3,(H,22,26). The third-order valence-corrected chi connectivity index (χ3v) is 6.31. The molecular weight excluding hydrogens is 408 g/mol. The second kappa shape index (κ2) is 8.06. The van der Waals surface area contributed by atoms with E-state index in [4.69, 9.17) is 5.26 Å². The molecular formula is C19H16N6O2S2. The highest BCUT2D eigenvalue weighted by Gasteiger charge is 2.36. The Balaban J connectivity index is 1.47. The van der Waals surface area contributed by atoms with Gasteiger partial charge in [0.15, 0.2) is 0 Å². The van der Waals surface area contributed by atoms with Crippen LogP contribution >= 0.6 is 23.1 Å². The number of nitrogens with one attached hydrogen (secondary N) is 1. The number of hydrogen-bond acceptors (Lipinski definition) is 7. The van der Waals surface area contributed by atoms with Gasteiger partial charge in [0.05, 0.1) is 23.7 Å². The van der Waals surface area contributed by atoms with Crippen LogP contribution in [0.5, 0.6) is 0 Å². The maximum absolute atomic E-state index is 13.0. The minimum Gasteiger partial charge on any atom is -0.324 e. The molecule has 0 saturated carbocycles. The van der Waals surface area contributed by atoms with Crippen LogP contribution in [0.1, 0.15) is 16.1 Å². The highest BCUT2D eigenvalue weighted by atomic mass is 32.2. The zero-order valence-electron chi connectivity index (χ0n) is 15.4. The molecule has 8 nitrogen and oxygen atoms in total. The lowest BCUT2D eigenvalue weighted by Crippen LogP contribution is -2.44. The lowest BCUT2D eigenvalue weighted by molar-refractivity contribution is -0.119. The normalized spacial score (nSPS) is 15.9. The summed E-state index contributed by atoms with van der Waals surface area (Å²) in [6, 6.07) is 8.08. The molecule has 0 aliphatic carbocycles. The molecule has 29 heavy (non-hydrogen) atoms. The third kappa shape index (κ3) is 4.01. The lowest BCUT2D eigenvalue weighted by Gasteiger charge is -2.22. The molecule has 2 amide bonds. The van der Waals surface area contributed by atoms with E-state index >= 15 is 0 Å². The van der Waals surface area contributed by atoms with Crippen LogP contribution in [0, 0.1) is 11.3 Å². The second-order valence-electron chi connectivity index (χ2n) is 6.41. The summed E-state index contributed by atoms with van der Waals surface area (Å²) in [7, 11) is 1.82. The van der Waals surface area contributed by atoms with Crippen molar-refractivity contribution >= 4 is 40.6 Å². The van der Waals surface area contributed by atoms with E-state index in [1.54, 1.807) is 45.4 Å². The molecule has 10 heteroatoms. The van der Waals surface area contributed by atoms with Crippen LogP contribution < -0.4 is 5.32 Å². The molecule has 146 valence electrons. The van der Waals surface area contributed by atoms with Crippen molar-refractivity contribution in [3.05, 3.63) is 53.3 Å². The number of thiazole rings is 1. The molecule has 3 aromatic rings. The van der Waals surface area contributed by atoms with Gasteiger partial charge in [-0.15, -0.1) is 23.1 Å². The van der Waals surface area contributed by atoms with Gasteiger partial charge in [-0.1, -0.05) is 0 Å². The van der Waals surface area contributed by atoms with Gasteiger partial charge in [-0.3, -0.25) is 14.3 Å². The van der Waals surface area contributed by atoms with Crippen LogP contribution in [0.25, 0.3) is 10.6 Å². The van der Waals surface area contributed by atoms with Crippen LogP contribution in [-0.4, -0.2) is 49.2 Å². The summed E-state index contributed by atoms with van der Waals surface area (Å²) < 4.78 is 1.68. The fourth-order valence-electron chi connectivity index (χ4n) is 2.90. The number of carbonyl (C=O) groups is 2. The van der Waals surface area contributed by atoms with Crippen molar-refractivity contribution < 1.29 is 9.59 Å². The van der Waals surface area contributed by atoms with E-state index in [9.17, 15) is 9.59 Å². The fraction of sp³-hybridized carbons (Fsp3) is 0.211. The van der Waals surface area contributed by atoms with Gasteiger partial charge >= 0.3 is 0 Å².